The third kappa shape index (κ3) is 2.77. The Kier molecular flexibility index (Phi) is 3.92. The summed E-state index contributed by atoms with van der Waals surface area (Å²) in [4.78, 5) is 11.6. The SMILES string of the molecule is c1ccc(N2CCC[C@@H](c3ncnn3C3Cc4ccccc4C3)C2)nc1. The highest BCUT2D eigenvalue weighted by atomic mass is 15.4. The normalized spacial score (nSPS) is 20.3. The number of aromatic nitrogens is 4. The number of nitrogens with zero attached hydrogens (tertiary/aromatic N) is 5. The van der Waals surface area contributed by atoms with E-state index < -0.39 is 0 Å². The maximum Gasteiger partial charge on any atom is 0.138 e. The van der Waals surface area contributed by atoms with Gasteiger partial charge < -0.3 is 4.90 Å². The predicted molar refractivity (Wildman–Crippen MR) is 101 cm³/mol. The molecular formula is C21H23N5. The van der Waals surface area contributed by atoms with Crippen LogP contribution in [0.25, 0.3) is 0 Å². The molecule has 1 saturated heterocycles. The Labute approximate surface area is 153 Å². The molecule has 26 heavy (non-hydrogen) atoms. The van der Waals surface area contributed by atoms with Crippen molar-refractivity contribution in [1.82, 2.24) is 19.7 Å². The van der Waals surface area contributed by atoms with Crippen molar-refractivity contribution in [3.8, 4) is 0 Å². The molecule has 0 bridgehead atoms. The minimum absolute atomic E-state index is 0.398. The number of hydrogen-bond donors (Lipinski definition) is 0. The molecule has 2 aromatic heterocycles. The van der Waals surface area contributed by atoms with E-state index in [1.165, 1.54) is 24.0 Å². The van der Waals surface area contributed by atoms with Gasteiger partial charge in [-0.1, -0.05) is 30.3 Å². The second kappa shape index (κ2) is 6.56. The number of pyridine rings is 1. The molecule has 132 valence electrons. The van der Waals surface area contributed by atoms with Gasteiger partial charge >= 0.3 is 0 Å². The molecule has 1 aromatic carbocycles. The van der Waals surface area contributed by atoms with E-state index in [0.717, 1.165) is 37.6 Å². The summed E-state index contributed by atoms with van der Waals surface area (Å²) in [7, 11) is 0. The highest BCUT2D eigenvalue weighted by Gasteiger charge is 2.30. The summed E-state index contributed by atoms with van der Waals surface area (Å²) in [6.07, 6.45) is 8.06. The van der Waals surface area contributed by atoms with E-state index in [1.807, 2.05) is 12.3 Å². The smallest absolute Gasteiger partial charge is 0.138 e. The van der Waals surface area contributed by atoms with Gasteiger partial charge in [0, 0.05) is 25.2 Å². The molecule has 0 spiro atoms. The van der Waals surface area contributed by atoms with Gasteiger partial charge in [0.05, 0.1) is 6.04 Å². The fourth-order valence-corrected chi connectivity index (χ4v) is 4.48. The molecule has 1 fully saturated rings. The van der Waals surface area contributed by atoms with Gasteiger partial charge in [-0.2, -0.15) is 5.10 Å². The maximum absolute atomic E-state index is 4.68. The Hall–Kier alpha value is -2.69. The third-order valence-corrected chi connectivity index (χ3v) is 5.74. The van der Waals surface area contributed by atoms with E-state index in [0.29, 0.717) is 12.0 Å². The summed E-state index contributed by atoms with van der Waals surface area (Å²) in [6.45, 7) is 2.03. The molecule has 5 rings (SSSR count). The quantitative estimate of drug-likeness (QED) is 0.730. The van der Waals surface area contributed by atoms with Gasteiger partial charge in [0.25, 0.3) is 0 Å². The van der Waals surface area contributed by atoms with Crippen LogP contribution in [0.4, 0.5) is 5.82 Å². The summed E-state index contributed by atoms with van der Waals surface area (Å²) in [5.74, 6) is 2.62. The molecule has 0 unspecified atom stereocenters. The summed E-state index contributed by atoms with van der Waals surface area (Å²) in [5.41, 5.74) is 2.91. The first-order valence-corrected chi connectivity index (χ1v) is 9.50. The molecule has 3 heterocycles. The molecule has 3 aromatic rings. The zero-order chi connectivity index (χ0) is 17.3. The van der Waals surface area contributed by atoms with Crippen LogP contribution in [0.1, 0.15) is 41.8 Å². The van der Waals surface area contributed by atoms with Gasteiger partial charge in [-0.15, -0.1) is 0 Å². The first-order valence-electron chi connectivity index (χ1n) is 9.50. The summed E-state index contributed by atoms with van der Waals surface area (Å²) in [5, 5.41) is 4.63. The Balaban J connectivity index is 1.38. The minimum atomic E-state index is 0.398. The van der Waals surface area contributed by atoms with E-state index in [9.17, 15) is 0 Å². The molecule has 1 aliphatic carbocycles. The molecule has 0 saturated carbocycles. The van der Waals surface area contributed by atoms with Crippen LogP contribution >= 0.6 is 0 Å². The average Bonchev–Trinajstić information content (AvgIpc) is 3.35. The Morgan fingerprint density at radius 1 is 0.923 bits per heavy atom. The molecule has 0 radical (unpaired) electrons. The lowest BCUT2D eigenvalue weighted by Crippen LogP contribution is -2.36. The van der Waals surface area contributed by atoms with Crippen LogP contribution in [-0.2, 0) is 12.8 Å². The molecular weight excluding hydrogens is 322 g/mol. The van der Waals surface area contributed by atoms with Crippen LogP contribution in [0, 0.1) is 0 Å². The van der Waals surface area contributed by atoms with Crippen LogP contribution in [0.5, 0.6) is 0 Å². The lowest BCUT2D eigenvalue weighted by Gasteiger charge is -2.33. The summed E-state index contributed by atoms with van der Waals surface area (Å²) < 4.78 is 2.20. The van der Waals surface area contributed by atoms with Crippen molar-refractivity contribution in [2.75, 3.05) is 18.0 Å². The van der Waals surface area contributed by atoms with E-state index in [1.54, 1.807) is 6.33 Å². The first kappa shape index (κ1) is 15.6. The number of hydrogen-bond acceptors (Lipinski definition) is 4. The van der Waals surface area contributed by atoms with Crippen LogP contribution < -0.4 is 4.90 Å². The lowest BCUT2D eigenvalue weighted by molar-refractivity contribution is 0.408. The maximum atomic E-state index is 4.68. The summed E-state index contributed by atoms with van der Waals surface area (Å²) in [6, 6.07) is 15.3. The van der Waals surface area contributed by atoms with Crippen LogP contribution in [-0.4, -0.2) is 32.8 Å². The Bertz CT molecular complexity index is 863. The molecule has 0 amide bonds. The topological polar surface area (TPSA) is 46.8 Å². The number of rotatable bonds is 3. The zero-order valence-electron chi connectivity index (χ0n) is 14.8. The lowest BCUT2D eigenvalue weighted by atomic mass is 9.96. The van der Waals surface area contributed by atoms with Crippen molar-refractivity contribution >= 4 is 5.82 Å². The fourth-order valence-electron chi connectivity index (χ4n) is 4.48. The van der Waals surface area contributed by atoms with E-state index in [4.69, 9.17) is 0 Å². The summed E-state index contributed by atoms with van der Waals surface area (Å²) >= 11 is 0. The Morgan fingerprint density at radius 3 is 2.50 bits per heavy atom. The second-order valence-electron chi connectivity index (χ2n) is 7.37. The van der Waals surface area contributed by atoms with Gasteiger partial charge in [0.2, 0.25) is 0 Å². The van der Waals surface area contributed by atoms with E-state index in [2.05, 4.69) is 61.0 Å². The van der Waals surface area contributed by atoms with Gasteiger partial charge in [0.15, 0.2) is 0 Å². The predicted octanol–water partition coefficient (Wildman–Crippen LogP) is 3.40. The second-order valence-corrected chi connectivity index (χ2v) is 7.37. The third-order valence-electron chi connectivity index (χ3n) is 5.74. The highest BCUT2D eigenvalue weighted by Crippen LogP contribution is 2.34. The molecule has 1 aliphatic heterocycles. The van der Waals surface area contributed by atoms with Gasteiger partial charge in [0.1, 0.15) is 18.0 Å². The van der Waals surface area contributed by atoms with Crippen molar-refractivity contribution < 1.29 is 0 Å². The van der Waals surface area contributed by atoms with Crippen molar-refractivity contribution in [2.45, 2.75) is 37.6 Å². The molecule has 2 aliphatic rings. The van der Waals surface area contributed by atoms with Gasteiger partial charge in [-0.3, -0.25) is 0 Å². The number of anilines is 1. The molecule has 5 heteroatoms. The van der Waals surface area contributed by atoms with Crippen molar-refractivity contribution in [3.63, 3.8) is 0 Å². The van der Waals surface area contributed by atoms with Crippen LogP contribution in [0.2, 0.25) is 0 Å². The molecule has 0 N–H and O–H groups in total. The number of piperidine rings is 1. The minimum Gasteiger partial charge on any atom is -0.356 e. The van der Waals surface area contributed by atoms with Crippen molar-refractivity contribution in [1.29, 1.82) is 0 Å². The average molecular weight is 345 g/mol. The van der Waals surface area contributed by atoms with Crippen molar-refractivity contribution in [2.24, 2.45) is 0 Å². The highest BCUT2D eigenvalue weighted by molar-refractivity contribution is 5.39. The molecule has 5 nitrogen and oxygen atoms in total. The number of fused-ring (bicyclic) bond motifs is 1. The largest absolute Gasteiger partial charge is 0.356 e. The van der Waals surface area contributed by atoms with Crippen molar-refractivity contribution in [3.05, 3.63) is 71.9 Å². The van der Waals surface area contributed by atoms with Crippen LogP contribution in [0.3, 0.4) is 0 Å². The first-order chi connectivity index (χ1) is 12.9. The van der Waals surface area contributed by atoms with Gasteiger partial charge in [-0.25, -0.2) is 14.6 Å². The number of benzene rings is 1. The van der Waals surface area contributed by atoms with E-state index >= 15 is 0 Å². The van der Waals surface area contributed by atoms with E-state index in [-0.39, 0.29) is 0 Å². The zero-order valence-corrected chi connectivity index (χ0v) is 14.8. The standard InChI is InChI=1S/C21H23N5/c1-2-7-17-13-19(12-16(17)6-1)26-21(23-15-24-26)18-8-5-11-25(14-18)20-9-3-4-10-22-20/h1-4,6-7,9-10,15,18-19H,5,8,11-14H2/t18-/m1/s1. The van der Waals surface area contributed by atoms with Crippen LogP contribution in [0.15, 0.2) is 55.0 Å². The fraction of sp³-hybridized carbons (Fsp3) is 0.381. The monoisotopic (exact) mass is 345 g/mol. The Morgan fingerprint density at radius 2 is 1.73 bits per heavy atom. The van der Waals surface area contributed by atoms with Gasteiger partial charge in [-0.05, 0) is 48.9 Å². The molecule has 1 atom stereocenters.